The summed E-state index contributed by atoms with van der Waals surface area (Å²) < 4.78 is 4.82. The summed E-state index contributed by atoms with van der Waals surface area (Å²) in [6, 6.07) is 7.31. The van der Waals surface area contributed by atoms with E-state index in [1.165, 1.54) is 11.8 Å². The molecule has 0 aliphatic rings. The first-order valence-electron chi connectivity index (χ1n) is 4.53. The van der Waals surface area contributed by atoms with Crippen molar-refractivity contribution in [3.63, 3.8) is 0 Å². The van der Waals surface area contributed by atoms with E-state index in [1.807, 2.05) is 18.2 Å². The second kappa shape index (κ2) is 5.46. The lowest BCUT2D eigenvalue weighted by Crippen LogP contribution is -2.04. The van der Waals surface area contributed by atoms with Crippen molar-refractivity contribution in [2.75, 3.05) is 12.3 Å². The van der Waals surface area contributed by atoms with Gasteiger partial charge in [-0.3, -0.25) is 0 Å². The summed E-state index contributed by atoms with van der Waals surface area (Å²) in [5.41, 5.74) is 6.36. The van der Waals surface area contributed by atoms with Crippen LogP contribution < -0.4 is 5.73 Å². The van der Waals surface area contributed by atoms with Crippen LogP contribution >= 0.6 is 11.8 Å². The summed E-state index contributed by atoms with van der Waals surface area (Å²) in [6.45, 7) is 5.75. The average molecular weight is 223 g/mol. The molecule has 0 aliphatic carbocycles. The highest BCUT2D eigenvalue weighted by atomic mass is 32.2. The molecule has 0 aromatic heterocycles. The fourth-order valence-corrected chi connectivity index (χ4v) is 1.70. The zero-order valence-corrected chi connectivity index (χ0v) is 9.34. The van der Waals surface area contributed by atoms with Crippen LogP contribution in [0, 0.1) is 0 Å². The number of thioether (sulfide) groups is 1. The van der Waals surface area contributed by atoms with E-state index in [9.17, 15) is 4.79 Å². The van der Waals surface area contributed by atoms with Crippen molar-refractivity contribution in [1.29, 1.82) is 0 Å². The zero-order chi connectivity index (χ0) is 11.3. The van der Waals surface area contributed by atoms with Gasteiger partial charge in [-0.1, -0.05) is 30.5 Å². The van der Waals surface area contributed by atoms with Gasteiger partial charge in [0.2, 0.25) is 0 Å². The third-order valence-electron chi connectivity index (χ3n) is 1.66. The highest BCUT2D eigenvalue weighted by molar-refractivity contribution is 8.04. The monoisotopic (exact) mass is 223 g/mol. The molecule has 0 unspecified atom stereocenters. The van der Waals surface area contributed by atoms with Gasteiger partial charge in [0, 0.05) is 10.6 Å². The molecule has 0 amide bonds. The van der Waals surface area contributed by atoms with Crippen molar-refractivity contribution < 1.29 is 9.53 Å². The Balaban J connectivity index is 2.67. The second-order valence-electron chi connectivity index (χ2n) is 2.78. The Morgan fingerprint density at radius 1 is 1.53 bits per heavy atom. The van der Waals surface area contributed by atoms with Crippen molar-refractivity contribution in [3.05, 3.63) is 35.7 Å². The lowest BCUT2D eigenvalue weighted by atomic mass is 10.3. The van der Waals surface area contributed by atoms with E-state index in [0.29, 0.717) is 17.2 Å². The van der Waals surface area contributed by atoms with E-state index < -0.39 is 5.97 Å². The third kappa shape index (κ3) is 3.32. The number of rotatable bonds is 4. The second-order valence-corrected chi connectivity index (χ2v) is 3.92. The summed E-state index contributed by atoms with van der Waals surface area (Å²) >= 11 is 1.22. The topological polar surface area (TPSA) is 52.3 Å². The highest BCUT2D eigenvalue weighted by Crippen LogP contribution is 2.30. The number of nitrogens with two attached hydrogens (primary N) is 1. The molecular formula is C11H13NO2S. The fourth-order valence-electron chi connectivity index (χ4n) is 0.959. The van der Waals surface area contributed by atoms with E-state index in [4.69, 9.17) is 10.5 Å². The molecular weight excluding hydrogens is 210 g/mol. The van der Waals surface area contributed by atoms with Crippen molar-refractivity contribution in [3.8, 4) is 0 Å². The maximum absolute atomic E-state index is 11.3. The van der Waals surface area contributed by atoms with Crippen LogP contribution in [-0.2, 0) is 9.53 Å². The lowest BCUT2D eigenvalue weighted by Gasteiger charge is -2.06. The molecule has 0 saturated carbocycles. The number of hydrogen-bond acceptors (Lipinski definition) is 4. The maximum Gasteiger partial charge on any atom is 0.344 e. The van der Waals surface area contributed by atoms with Crippen LogP contribution in [-0.4, -0.2) is 12.6 Å². The van der Waals surface area contributed by atoms with Gasteiger partial charge in [-0.15, -0.1) is 0 Å². The standard InChI is InChI=1S/C11H13NO2S/c1-3-14-11(13)8(2)15-10-7-5-4-6-9(10)12/h4-7H,2-3,12H2,1H3. The fraction of sp³-hybridized carbons (Fsp3) is 0.182. The Labute approximate surface area is 93.3 Å². The predicted octanol–water partition coefficient (Wildman–Crippen LogP) is 2.44. The number of para-hydroxylation sites is 1. The van der Waals surface area contributed by atoms with Crippen molar-refractivity contribution >= 4 is 23.4 Å². The molecule has 0 atom stereocenters. The number of anilines is 1. The van der Waals surface area contributed by atoms with Crippen LogP contribution in [0.25, 0.3) is 0 Å². The van der Waals surface area contributed by atoms with E-state index in [2.05, 4.69) is 6.58 Å². The Hall–Kier alpha value is -1.42. The first-order valence-corrected chi connectivity index (χ1v) is 5.35. The Morgan fingerprint density at radius 3 is 2.80 bits per heavy atom. The highest BCUT2D eigenvalue weighted by Gasteiger charge is 2.10. The van der Waals surface area contributed by atoms with Gasteiger partial charge in [-0.25, -0.2) is 4.79 Å². The quantitative estimate of drug-likeness (QED) is 0.368. The van der Waals surface area contributed by atoms with Gasteiger partial charge in [-0.2, -0.15) is 0 Å². The SMILES string of the molecule is C=C(Sc1ccccc1N)C(=O)OCC. The number of ether oxygens (including phenoxy) is 1. The van der Waals surface area contributed by atoms with Crippen LogP contribution in [0.15, 0.2) is 40.6 Å². The maximum atomic E-state index is 11.3. The number of carbonyl (C=O) groups is 1. The molecule has 3 nitrogen and oxygen atoms in total. The van der Waals surface area contributed by atoms with Crippen LogP contribution in [0.3, 0.4) is 0 Å². The van der Waals surface area contributed by atoms with Gasteiger partial charge >= 0.3 is 5.97 Å². The van der Waals surface area contributed by atoms with Crippen molar-refractivity contribution in [2.45, 2.75) is 11.8 Å². The van der Waals surface area contributed by atoms with Crippen molar-refractivity contribution in [2.24, 2.45) is 0 Å². The van der Waals surface area contributed by atoms with Gasteiger partial charge in [0.25, 0.3) is 0 Å². The van der Waals surface area contributed by atoms with Gasteiger partial charge in [0.1, 0.15) is 0 Å². The van der Waals surface area contributed by atoms with Gasteiger partial charge < -0.3 is 10.5 Å². The Bertz CT molecular complexity index is 377. The number of nitrogen functional groups attached to an aromatic ring is 1. The predicted molar refractivity (Wildman–Crippen MR) is 62.5 cm³/mol. The average Bonchev–Trinajstić information content (AvgIpc) is 2.21. The van der Waals surface area contributed by atoms with E-state index in [0.717, 1.165) is 4.90 Å². The van der Waals surface area contributed by atoms with Crippen LogP contribution in [0.4, 0.5) is 5.69 Å². The van der Waals surface area contributed by atoms with E-state index in [1.54, 1.807) is 13.0 Å². The molecule has 0 heterocycles. The van der Waals surface area contributed by atoms with E-state index >= 15 is 0 Å². The molecule has 1 aromatic carbocycles. The molecule has 15 heavy (non-hydrogen) atoms. The first-order chi connectivity index (χ1) is 7.15. The summed E-state index contributed by atoms with van der Waals surface area (Å²) in [4.78, 5) is 12.4. The van der Waals surface area contributed by atoms with E-state index in [-0.39, 0.29) is 0 Å². The largest absolute Gasteiger partial charge is 0.462 e. The minimum absolute atomic E-state index is 0.342. The van der Waals surface area contributed by atoms with Crippen LogP contribution in [0.2, 0.25) is 0 Å². The summed E-state index contributed by atoms with van der Waals surface area (Å²) in [5, 5.41) is 0. The zero-order valence-electron chi connectivity index (χ0n) is 8.53. The smallest absolute Gasteiger partial charge is 0.344 e. The Morgan fingerprint density at radius 2 is 2.20 bits per heavy atom. The van der Waals surface area contributed by atoms with Crippen molar-refractivity contribution in [1.82, 2.24) is 0 Å². The molecule has 0 aliphatic heterocycles. The molecule has 0 bridgehead atoms. The molecule has 0 spiro atoms. The third-order valence-corrected chi connectivity index (χ3v) is 2.66. The Kier molecular flexibility index (Phi) is 4.24. The molecule has 2 N–H and O–H groups in total. The van der Waals surface area contributed by atoms with Crippen LogP contribution in [0.5, 0.6) is 0 Å². The number of esters is 1. The minimum Gasteiger partial charge on any atom is -0.462 e. The molecule has 0 saturated heterocycles. The minimum atomic E-state index is -0.397. The first kappa shape index (κ1) is 11.7. The molecule has 1 rings (SSSR count). The van der Waals surface area contributed by atoms with Gasteiger partial charge in [0.15, 0.2) is 0 Å². The number of benzene rings is 1. The summed E-state index contributed by atoms with van der Waals surface area (Å²) in [7, 11) is 0. The normalized spacial score (nSPS) is 9.67. The van der Waals surface area contributed by atoms with Gasteiger partial charge in [0.05, 0.1) is 11.5 Å². The number of carbonyl (C=O) groups excluding carboxylic acids is 1. The lowest BCUT2D eigenvalue weighted by molar-refractivity contribution is -0.137. The number of hydrogen-bond donors (Lipinski definition) is 1. The molecule has 1 aromatic rings. The van der Waals surface area contributed by atoms with Gasteiger partial charge in [-0.05, 0) is 19.1 Å². The molecule has 4 heteroatoms. The molecule has 80 valence electrons. The summed E-state index contributed by atoms with van der Waals surface area (Å²) in [6.07, 6.45) is 0. The molecule has 0 radical (unpaired) electrons. The van der Waals surface area contributed by atoms with Crippen LogP contribution in [0.1, 0.15) is 6.92 Å². The summed E-state index contributed by atoms with van der Waals surface area (Å²) in [5.74, 6) is -0.397. The molecule has 0 fully saturated rings.